The van der Waals surface area contributed by atoms with Gasteiger partial charge in [-0.3, -0.25) is 9.59 Å². The van der Waals surface area contributed by atoms with Crippen molar-refractivity contribution >= 4 is 28.3 Å². The summed E-state index contributed by atoms with van der Waals surface area (Å²) in [7, 11) is 0. The van der Waals surface area contributed by atoms with E-state index in [1.165, 1.54) is 11.3 Å². The van der Waals surface area contributed by atoms with E-state index >= 15 is 0 Å². The van der Waals surface area contributed by atoms with Crippen LogP contribution in [0.4, 0.5) is 5.13 Å². The van der Waals surface area contributed by atoms with E-state index in [4.69, 9.17) is 0 Å². The zero-order chi connectivity index (χ0) is 12.9. The van der Waals surface area contributed by atoms with Crippen LogP contribution in [0.3, 0.4) is 0 Å². The van der Waals surface area contributed by atoms with Crippen LogP contribution in [0.25, 0.3) is 0 Å². The van der Waals surface area contributed by atoms with Crippen LogP contribution in [-0.2, 0) is 0 Å². The highest BCUT2D eigenvalue weighted by Gasteiger charge is 2.38. The highest BCUT2D eigenvalue weighted by molar-refractivity contribution is 7.16. The molecule has 1 aromatic heterocycles. The van der Waals surface area contributed by atoms with Crippen molar-refractivity contribution in [1.29, 1.82) is 0 Å². The number of nitrogens with zero attached hydrogens (tertiary/aromatic N) is 2. The quantitative estimate of drug-likeness (QED) is 0.739. The highest BCUT2D eigenvalue weighted by Crippen LogP contribution is 2.32. The number of aryl methyl sites for hydroxylation is 2. The van der Waals surface area contributed by atoms with Crippen molar-refractivity contribution in [3.63, 3.8) is 0 Å². The molecule has 0 fully saturated rings. The summed E-state index contributed by atoms with van der Waals surface area (Å²) in [5.41, 5.74) is 1.76. The molecule has 0 atom stereocenters. The summed E-state index contributed by atoms with van der Waals surface area (Å²) in [4.78, 5) is 30.9. The third-order valence-corrected chi connectivity index (χ3v) is 4.06. The predicted molar refractivity (Wildman–Crippen MR) is 69.2 cm³/mol. The first-order valence-corrected chi connectivity index (χ1v) is 6.33. The standard InChI is InChI=1S/C13H10N2O2S/c1-7-8(2)18-13(14-7)15-11(16)9-5-3-4-6-10(9)12(15)17/h3-6H,1-2H3. The summed E-state index contributed by atoms with van der Waals surface area (Å²) in [6.07, 6.45) is 0. The van der Waals surface area contributed by atoms with Gasteiger partial charge in [0.2, 0.25) is 0 Å². The average Bonchev–Trinajstić information content (AvgIpc) is 2.80. The van der Waals surface area contributed by atoms with E-state index in [-0.39, 0.29) is 11.8 Å². The van der Waals surface area contributed by atoms with E-state index in [0.29, 0.717) is 16.3 Å². The van der Waals surface area contributed by atoms with Gasteiger partial charge in [0.1, 0.15) is 0 Å². The lowest BCUT2D eigenvalue weighted by Gasteiger charge is -2.08. The zero-order valence-electron chi connectivity index (χ0n) is 9.93. The summed E-state index contributed by atoms with van der Waals surface area (Å²) < 4.78 is 0. The molecule has 0 saturated carbocycles. The smallest absolute Gasteiger partial charge is 0.268 e. The SMILES string of the molecule is Cc1nc(N2C(=O)c3ccccc3C2=O)sc1C. The molecule has 1 aliphatic heterocycles. The molecular weight excluding hydrogens is 248 g/mol. The normalized spacial score (nSPS) is 14.2. The molecule has 0 radical (unpaired) electrons. The Bertz CT molecular complexity index is 621. The Morgan fingerprint density at radius 1 is 1.06 bits per heavy atom. The first-order chi connectivity index (χ1) is 8.59. The van der Waals surface area contributed by atoms with Crippen LogP contribution in [-0.4, -0.2) is 16.8 Å². The van der Waals surface area contributed by atoms with E-state index in [1.807, 2.05) is 13.8 Å². The number of carbonyl (C=O) groups excluding carboxylic acids is 2. The number of imide groups is 1. The van der Waals surface area contributed by atoms with Gasteiger partial charge in [-0.05, 0) is 26.0 Å². The van der Waals surface area contributed by atoms with E-state index in [9.17, 15) is 9.59 Å². The Balaban J connectivity index is 2.12. The Kier molecular flexibility index (Phi) is 2.31. The lowest BCUT2D eigenvalue weighted by atomic mass is 10.1. The van der Waals surface area contributed by atoms with Gasteiger partial charge in [0, 0.05) is 4.88 Å². The van der Waals surface area contributed by atoms with Gasteiger partial charge in [-0.15, -0.1) is 11.3 Å². The molecule has 5 heteroatoms. The molecule has 0 N–H and O–H groups in total. The molecule has 18 heavy (non-hydrogen) atoms. The molecule has 0 aliphatic carbocycles. The van der Waals surface area contributed by atoms with Crippen LogP contribution in [0.1, 0.15) is 31.3 Å². The second-order valence-corrected chi connectivity index (χ2v) is 5.31. The maximum absolute atomic E-state index is 12.2. The molecule has 4 nitrogen and oxygen atoms in total. The molecule has 1 aliphatic rings. The molecule has 0 spiro atoms. The molecule has 0 bridgehead atoms. The second-order valence-electron chi connectivity index (χ2n) is 4.13. The molecule has 2 heterocycles. The highest BCUT2D eigenvalue weighted by atomic mass is 32.1. The molecule has 0 saturated heterocycles. The number of carbonyl (C=O) groups is 2. The van der Waals surface area contributed by atoms with Gasteiger partial charge in [0.15, 0.2) is 5.13 Å². The number of rotatable bonds is 1. The van der Waals surface area contributed by atoms with Crippen LogP contribution >= 0.6 is 11.3 Å². The number of thiazole rings is 1. The van der Waals surface area contributed by atoms with E-state index in [0.717, 1.165) is 15.5 Å². The summed E-state index contributed by atoms with van der Waals surface area (Å²) >= 11 is 1.36. The van der Waals surface area contributed by atoms with Crippen molar-refractivity contribution in [2.75, 3.05) is 4.90 Å². The molecular formula is C13H10N2O2S. The van der Waals surface area contributed by atoms with E-state index in [1.54, 1.807) is 24.3 Å². The first kappa shape index (κ1) is 11.1. The largest absolute Gasteiger partial charge is 0.268 e. The predicted octanol–water partition coefficient (Wildman–Crippen LogP) is 2.56. The van der Waals surface area contributed by atoms with Gasteiger partial charge in [-0.2, -0.15) is 0 Å². The number of hydrogen-bond donors (Lipinski definition) is 0. The lowest BCUT2D eigenvalue weighted by Crippen LogP contribution is -2.29. The molecule has 2 amide bonds. The maximum Gasteiger partial charge on any atom is 0.268 e. The van der Waals surface area contributed by atoms with Crippen LogP contribution < -0.4 is 4.90 Å². The molecule has 3 rings (SSSR count). The van der Waals surface area contributed by atoms with Crippen LogP contribution in [0.15, 0.2) is 24.3 Å². The Morgan fingerprint density at radius 3 is 2.06 bits per heavy atom. The van der Waals surface area contributed by atoms with Crippen molar-refractivity contribution in [3.05, 3.63) is 46.0 Å². The molecule has 2 aromatic rings. The van der Waals surface area contributed by atoms with Gasteiger partial charge in [0.05, 0.1) is 16.8 Å². The molecule has 1 aromatic carbocycles. The number of benzene rings is 1. The van der Waals surface area contributed by atoms with Crippen molar-refractivity contribution in [3.8, 4) is 0 Å². The molecule has 90 valence electrons. The number of aromatic nitrogens is 1. The van der Waals surface area contributed by atoms with Crippen LogP contribution in [0, 0.1) is 13.8 Å². The minimum atomic E-state index is -0.288. The molecule has 0 unspecified atom stereocenters. The van der Waals surface area contributed by atoms with E-state index < -0.39 is 0 Å². The van der Waals surface area contributed by atoms with Gasteiger partial charge >= 0.3 is 0 Å². The Labute approximate surface area is 108 Å². The number of hydrogen-bond acceptors (Lipinski definition) is 4. The lowest BCUT2D eigenvalue weighted by molar-refractivity contribution is 0.0926. The van der Waals surface area contributed by atoms with Crippen molar-refractivity contribution in [2.24, 2.45) is 0 Å². The van der Waals surface area contributed by atoms with Crippen molar-refractivity contribution < 1.29 is 9.59 Å². The van der Waals surface area contributed by atoms with Crippen molar-refractivity contribution in [1.82, 2.24) is 4.98 Å². The van der Waals surface area contributed by atoms with E-state index in [2.05, 4.69) is 4.98 Å². The first-order valence-electron chi connectivity index (χ1n) is 5.51. The van der Waals surface area contributed by atoms with Crippen molar-refractivity contribution in [2.45, 2.75) is 13.8 Å². The van der Waals surface area contributed by atoms with Crippen LogP contribution in [0.2, 0.25) is 0 Å². The third-order valence-electron chi connectivity index (χ3n) is 3.00. The minimum absolute atomic E-state index is 0.288. The monoisotopic (exact) mass is 258 g/mol. The number of anilines is 1. The zero-order valence-corrected chi connectivity index (χ0v) is 10.7. The third kappa shape index (κ3) is 1.41. The Hall–Kier alpha value is -2.01. The maximum atomic E-state index is 12.2. The fraction of sp³-hybridized carbons (Fsp3) is 0.154. The number of amides is 2. The van der Waals surface area contributed by atoms with Gasteiger partial charge < -0.3 is 0 Å². The number of fused-ring (bicyclic) bond motifs is 1. The van der Waals surface area contributed by atoms with Gasteiger partial charge in [-0.25, -0.2) is 9.88 Å². The minimum Gasteiger partial charge on any atom is -0.268 e. The second kappa shape index (κ2) is 3.74. The fourth-order valence-corrected chi connectivity index (χ4v) is 2.82. The van der Waals surface area contributed by atoms with Crippen LogP contribution in [0.5, 0.6) is 0 Å². The Morgan fingerprint density at radius 2 is 1.61 bits per heavy atom. The van der Waals surface area contributed by atoms with Gasteiger partial charge in [0.25, 0.3) is 11.8 Å². The summed E-state index contributed by atoms with van der Waals surface area (Å²) in [6, 6.07) is 6.85. The van der Waals surface area contributed by atoms with Gasteiger partial charge in [-0.1, -0.05) is 12.1 Å². The summed E-state index contributed by atoms with van der Waals surface area (Å²) in [5.74, 6) is -0.575. The topological polar surface area (TPSA) is 50.3 Å². The average molecular weight is 258 g/mol. The fourth-order valence-electron chi connectivity index (χ4n) is 1.91. The summed E-state index contributed by atoms with van der Waals surface area (Å²) in [6.45, 7) is 3.79. The summed E-state index contributed by atoms with van der Waals surface area (Å²) in [5, 5.41) is 0.455.